The lowest BCUT2D eigenvalue weighted by molar-refractivity contribution is -0.127. The van der Waals surface area contributed by atoms with Crippen LogP contribution < -0.4 is 11.1 Å². The van der Waals surface area contributed by atoms with Crippen LogP contribution in [0.25, 0.3) is 0 Å². The van der Waals surface area contributed by atoms with Crippen LogP contribution in [0.3, 0.4) is 0 Å². The molecule has 14 heavy (non-hydrogen) atoms. The molecule has 1 fully saturated rings. The van der Waals surface area contributed by atoms with Gasteiger partial charge in [0.05, 0.1) is 11.1 Å². The number of nitrogens with one attached hydrogen (secondary N) is 1. The van der Waals surface area contributed by atoms with Crippen molar-refractivity contribution in [1.29, 1.82) is 0 Å². The summed E-state index contributed by atoms with van der Waals surface area (Å²) in [6.45, 7) is 5.30. The SMILES string of the molecule is CC(C)(O)CNC(=O)C(C)(N)C1CC1. The molecule has 1 amide bonds. The minimum atomic E-state index is -0.880. The number of hydrogen-bond donors (Lipinski definition) is 3. The molecule has 4 nitrogen and oxygen atoms in total. The lowest BCUT2D eigenvalue weighted by atomic mass is 9.96. The molecule has 1 atom stereocenters. The molecular weight excluding hydrogens is 180 g/mol. The largest absolute Gasteiger partial charge is 0.389 e. The van der Waals surface area contributed by atoms with Gasteiger partial charge < -0.3 is 16.2 Å². The van der Waals surface area contributed by atoms with Crippen LogP contribution in [-0.2, 0) is 4.79 Å². The molecule has 0 aliphatic heterocycles. The van der Waals surface area contributed by atoms with E-state index in [2.05, 4.69) is 5.32 Å². The van der Waals surface area contributed by atoms with Gasteiger partial charge in [-0.05, 0) is 39.5 Å². The molecule has 0 spiro atoms. The van der Waals surface area contributed by atoms with Gasteiger partial charge in [0, 0.05) is 6.54 Å². The second-order valence-corrected chi connectivity index (χ2v) is 5.05. The molecule has 82 valence electrons. The monoisotopic (exact) mass is 200 g/mol. The number of rotatable bonds is 4. The number of hydrogen-bond acceptors (Lipinski definition) is 3. The molecule has 0 aromatic carbocycles. The van der Waals surface area contributed by atoms with E-state index in [9.17, 15) is 9.90 Å². The average molecular weight is 200 g/mol. The maximum absolute atomic E-state index is 11.6. The first-order valence-electron chi connectivity index (χ1n) is 5.03. The highest BCUT2D eigenvalue weighted by molar-refractivity contribution is 5.86. The van der Waals surface area contributed by atoms with Crippen LogP contribution >= 0.6 is 0 Å². The first-order valence-corrected chi connectivity index (χ1v) is 5.03. The fraction of sp³-hybridized carbons (Fsp3) is 0.900. The van der Waals surface area contributed by atoms with E-state index in [1.54, 1.807) is 20.8 Å². The summed E-state index contributed by atoms with van der Waals surface area (Å²) in [6.07, 6.45) is 2.06. The van der Waals surface area contributed by atoms with Crippen molar-refractivity contribution in [3.8, 4) is 0 Å². The lowest BCUT2D eigenvalue weighted by Crippen LogP contribution is -2.55. The van der Waals surface area contributed by atoms with Crippen LogP contribution in [0.4, 0.5) is 0 Å². The van der Waals surface area contributed by atoms with E-state index in [1.165, 1.54) is 0 Å². The molecule has 4 N–H and O–H groups in total. The minimum Gasteiger partial charge on any atom is -0.389 e. The normalized spacial score (nSPS) is 21.5. The molecule has 1 rings (SSSR count). The molecule has 0 bridgehead atoms. The van der Waals surface area contributed by atoms with E-state index >= 15 is 0 Å². The predicted octanol–water partition coefficient (Wildman–Crippen LogP) is 0.000900. The third-order valence-corrected chi connectivity index (χ3v) is 2.60. The maximum Gasteiger partial charge on any atom is 0.240 e. The molecule has 1 unspecified atom stereocenters. The Morgan fingerprint density at radius 1 is 1.50 bits per heavy atom. The van der Waals surface area contributed by atoms with Gasteiger partial charge in [-0.1, -0.05) is 0 Å². The summed E-state index contributed by atoms with van der Waals surface area (Å²) >= 11 is 0. The van der Waals surface area contributed by atoms with Crippen molar-refractivity contribution in [1.82, 2.24) is 5.32 Å². The Kier molecular flexibility index (Phi) is 2.88. The highest BCUT2D eigenvalue weighted by Crippen LogP contribution is 2.38. The Balaban J connectivity index is 2.41. The number of aliphatic hydroxyl groups is 1. The minimum absolute atomic E-state index is 0.165. The average Bonchev–Trinajstić information content (AvgIpc) is 2.80. The fourth-order valence-electron chi connectivity index (χ4n) is 1.36. The van der Waals surface area contributed by atoms with Gasteiger partial charge in [-0.2, -0.15) is 0 Å². The molecule has 1 saturated carbocycles. The van der Waals surface area contributed by atoms with Crippen LogP contribution in [0.15, 0.2) is 0 Å². The predicted molar refractivity (Wildman–Crippen MR) is 54.6 cm³/mol. The summed E-state index contributed by atoms with van der Waals surface area (Å²) in [5.74, 6) is 0.145. The van der Waals surface area contributed by atoms with Crippen molar-refractivity contribution < 1.29 is 9.90 Å². The molecular formula is C10H20N2O2. The highest BCUT2D eigenvalue weighted by Gasteiger charge is 2.44. The van der Waals surface area contributed by atoms with Gasteiger partial charge in [0.2, 0.25) is 5.91 Å². The van der Waals surface area contributed by atoms with Gasteiger partial charge in [0.15, 0.2) is 0 Å². The van der Waals surface area contributed by atoms with Gasteiger partial charge in [-0.3, -0.25) is 4.79 Å². The Labute approximate surface area is 84.9 Å². The Bertz CT molecular complexity index is 227. The quantitative estimate of drug-likeness (QED) is 0.598. The Hall–Kier alpha value is -0.610. The molecule has 0 heterocycles. The number of carbonyl (C=O) groups is 1. The van der Waals surface area contributed by atoms with Crippen molar-refractivity contribution in [3.05, 3.63) is 0 Å². The Morgan fingerprint density at radius 2 is 2.00 bits per heavy atom. The van der Waals surface area contributed by atoms with E-state index < -0.39 is 11.1 Å². The maximum atomic E-state index is 11.6. The molecule has 0 radical (unpaired) electrons. The van der Waals surface area contributed by atoms with E-state index in [0.717, 1.165) is 12.8 Å². The zero-order valence-electron chi connectivity index (χ0n) is 9.13. The summed E-state index contributed by atoms with van der Waals surface area (Å²) < 4.78 is 0. The van der Waals surface area contributed by atoms with Crippen molar-refractivity contribution in [2.75, 3.05) is 6.54 Å². The second kappa shape index (κ2) is 3.51. The van der Waals surface area contributed by atoms with Crippen molar-refractivity contribution in [3.63, 3.8) is 0 Å². The van der Waals surface area contributed by atoms with Gasteiger partial charge in [-0.15, -0.1) is 0 Å². The third kappa shape index (κ3) is 2.96. The lowest BCUT2D eigenvalue weighted by Gasteiger charge is -2.25. The first kappa shape index (κ1) is 11.5. The number of carbonyl (C=O) groups excluding carboxylic acids is 1. The van der Waals surface area contributed by atoms with E-state index in [4.69, 9.17) is 5.73 Å². The molecule has 0 aromatic heterocycles. The summed E-state index contributed by atoms with van der Waals surface area (Å²) in [7, 11) is 0. The number of nitrogens with two attached hydrogens (primary N) is 1. The zero-order valence-corrected chi connectivity index (χ0v) is 9.13. The summed E-state index contributed by atoms with van der Waals surface area (Å²) in [4.78, 5) is 11.6. The third-order valence-electron chi connectivity index (χ3n) is 2.60. The molecule has 0 aromatic rings. The van der Waals surface area contributed by atoms with Crippen LogP contribution in [0.1, 0.15) is 33.6 Å². The summed E-state index contributed by atoms with van der Waals surface area (Å²) in [6, 6.07) is 0. The van der Waals surface area contributed by atoms with E-state index in [0.29, 0.717) is 5.92 Å². The first-order chi connectivity index (χ1) is 6.23. The zero-order chi connectivity index (χ0) is 11.0. The van der Waals surface area contributed by atoms with E-state index in [1.807, 2.05) is 0 Å². The van der Waals surface area contributed by atoms with E-state index in [-0.39, 0.29) is 12.5 Å². The van der Waals surface area contributed by atoms with Crippen LogP contribution in [0.5, 0.6) is 0 Å². The van der Waals surface area contributed by atoms with Crippen LogP contribution in [-0.4, -0.2) is 28.7 Å². The second-order valence-electron chi connectivity index (χ2n) is 5.05. The smallest absolute Gasteiger partial charge is 0.240 e. The summed E-state index contributed by atoms with van der Waals surface area (Å²) in [5, 5.41) is 12.1. The molecule has 4 heteroatoms. The van der Waals surface area contributed by atoms with Crippen molar-refractivity contribution in [2.24, 2.45) is 11.7 Å². The molecule has 1 aliphatic rings. The van der Waals surface area contributed by atoms with Crippen LogP contribution in [0, 0.1) is 5.92 Å². The van der Waals surface area contributed by atoms with Gasteiger partial charge in [0.25, 0.3) is 0 Å². The van der Waals surface area contributed by atoms with Crippen LogP contribution in [0.2, 0.25) is 0 Å². The summed E-state index contributed by atoms with van der Waals surface area (Å²) in [5.41, 5.74) is 4.25. The molecule has 0 saturated heterocycles. The van der Waals surface area contributed by atoms with Gasteiger partial charge >= 0.3 is 0 Å². The van der Waals surface area contributed by atoms with Gasteiger partial charge in [0.1, 0.15) is 0 Å². The standard InChI is InChI=1S/C10H20N2O2/c1-9(2,14)6-12-8(13)10(3,11)7-4-5-7/h7,14H,4-6,11H2,1-3H3,(H,12,13). The number of amides is 1. The van der Waals surface area contributed by atoms with Gasteiger partial charge in [-0.25, -0.2) is 0 Å². The molecule has 1 aliphatic carbocycles. The highest BCUT2D eigenvalue weighted by atomic mass is 16.3. The fourth-order valence-corrected chi connectivity index (χ4v) is 1.36. The van der Waals surface area contributed by atoms with Crippen molar-refractivity contribution >= 4 is 5.91 Å². The Morgan fingerprint density at radius 3 is 2.36 bits per heavy atom. The topological polar surface area (TPSA) is 75.3 Å². The van der Waals surface area contributed by atoms with Crippen molar-refractivity contribution in [2.45, 2.75) is 44.8 Å².